The Labute approximate surface area is 163 Å². The molecule has 6 nitrogen and oxygen atoms in total. The van der Waals surface area contributed by atoms with Crippen molar-refractivity contribution >= 4 is 17.8 Å². The van der Waals surface area contributed by atoms with Crippen LogP contribution in [0.5, 0.6) is 0 Å². The van der Waals surface area contributed by atoms with Gasteiger partial charge < -0.3 is 4.74 Å². The molecule has 1 aromatic heterocycles. The second-order valence-electron chi connectivity index (χ2n) is 6.47. The topological polar surface area (TPSA) is 74.1 Å². The van der Waals surface area contributed by atoms with E-state index in [9.17, 15) is 9.59 Å². The van der Waals surface area contributed by atoms with Gasteiger partial charge in [-0.3, -0.25) is 4.79 Å². The van der Waals surface area contributed by atoms with E-state index in [0.29, 0.717) is 17.8 Å². The number of carbonyl (C=O) groups excluding carboxylic acids is 2. The minimum absolute atomic E-state index is 0.240. The van der Waals surface area contributed by atoms with E-state index in [0.717, 1.165) is 11.1 Å². The minimum atomic E-state index is -0.867. The maximum Gasteiger partial charge on any atom is 0.331 e. The highest BCUT2D eigenvalue weighted by atomic mass is 16.5. The Balaban J connectivity index is 1.55. The van der Waals surface area contributed by atoms with Gasteiger partial charge in [-0.2, -0.15) is 0 Å². The molecule has 1 heterocycles. The number of benzene rings is 2. The van der Waals surface area contributed by atoms with E-state index in [1.54, 1.807) is 29.9 Å². The molecule has 0 N–H and O–H groups in total. The molecule has 0 unspecified atom stereocenters. The van der Waals surface area contributed by atoms with Gasteiger partial charge in [0, 0.05) is 11.6 Å². The Morgan fingerprint density at radius 1 is 1.11 bits per heavy atom. The van der Waals surface area contributed by atoms with E-state index in [-0.39, 0.29) is 5.78 Å². The van der Waals surface area contributed by atoms with Crippen molar-refractivity contribution in [2.24, 2.45) is 0 Å². The van der Waals surface area contributed by atoms with E-state index >= 15 is 0 Å². The van der Waals surface area contributed by atoms with Gasteiger partial charge in [-0.25, -0.2) is 9.48 Å². The lowest BCUT2D eigenvalue weighted by Gasteiger charge is -2.10. The zero-order valence-corrected chi connectivity index (χ0v) is 15.8. The third kappa shape index (κ3) is 5.23. The summed E-state index contributed by atoms with van der Waals surface area (Å²) in [6, 6.07) is 17.0. The molecule has 0 aliphatic carbocycles. The van der Waals surface area contributed by atoms with E-state index < -0.39 is 12.1 Å². The highest BCUT2D eigenvalue weighted by Gasteiger charge is 2.18. The quantitative estimate of drug-likeness (QED) is 0.359. The van der Waals surface area contributed by atoms with Gasteiger partial charge in [0.05, 0.1) is 12.7 Å². The summed E-state index contributed by atoms with van der Waals surface area (Å²) in [7, 11) is 0. The van der Waals surface area contributed by atoms with Crippen molar-refractivity contribution in [1.82, 2.24) is 15.0 Å². The average molecular weight is 375 g/mol. The normalized spacial score (nSPS) is 12.1. The molecule has 0 spiro atoms. The fraction of sp³-hybridized carbons (Fsp3) is 0.182. The van der Waals surface area contributed by atoms with Crippen molar-refractivity contribution in [3.8, 4) is 0 Å². The number of carbonyl (C=O) groups is 2. The first kappa shape index (κ1) is 19.2. The fourth-order valence-corrected chi connectivity index (χ4v) is 2.61. The van der Waals surface area contributed by atoms with Crippen LogP contribution in [0, 0.1) is 6.92 Å². The summed E-state index contributed by atoms with van der Waals surface area (Å²) in [5, 5.41) is 8.04. The molecule has 28 heavy (non-hydrogen) atoms. The van der Waals surface area contributed by atoms with Crippen LogP contribution in [0.1, 0.15) is 34.1 Å². The summed E-state index contributed by atoms with van der Waals surface area (Å²) in [6.45, 7) is 4.09. The number of nitrogens with zero attached hydrogens (tertiary/aromatic N) is 3. The third-order valence-electron chi connectivity index (χ3n) is 4.13. The van der Waals surface area contributed by atoms with Gasteiger partial charge >= 0.3 is 5.97 Å². The molecule has 0 radical (unpaired) electrons. The fourth-order valence-electron chi connectivity index (χ4n) is 2.61. The molecule has 0 aliphatic rings. The van der Waals surface area contributed by atoms with Crippen LogP contribution in [-0.4, -0.2) is 32.9 Å². The highest BCUT2D eigenvalue weighted by molar-refractivity contribution is 6.01. The Bertz CT molecular complexity index is 976. The number of hydrogen-bond donors (Lipinski definition) is 0. The van der Waals surface area contributed by atoms with Gasteiger partial charge in [0.15, 0.2) is 6.10 Å². The van der Waals surface area contributed by atoms with Crippen molar-refractivity contribution in [3.05, 3.63) is 89.3 Å². The van der Waals surface area contributed by atoms with E-state index in [1.165, 1.54) is 12.2 Å². The largest absolute Gasteiger partial charge is 0.451 e. The first-order chi connectivity index (χ1) is 13.5. The number of rotatable bonds is 7. The maximum atomic E-state index is 12.3. The minimum Gasteiger partial charge on any atom is -0.451 e. The van der Waals surface area contributed by atoms with Gasteiger partial charge in [-0.15, -0.1) is 5.10 Å². The number of aryl methyl sites for hydroxylation is 1. The summed E-state index contributed by atoms with van der Waals surface area (Å²) in [5.41, 5.74) is 3.21. The van der Waals surface area contributed by atoms with Gasteiger partial charge in [-0.05, 0) is 25.5 Å². The van der Waals surface area contributed by atoms with Crippen molar-refractivity contribution < 1.29 is 14.3 Å². The lowest BCUT2D eigenvalue weighted by molar-refractivity contribution is -0.140. The van der Waals surface area contributed by atoms with Crippen molar-refractivity contribution in [3.63, 3.8) is 0 Å². The van der Waals surface area contributed by atoms with Gasteiger partial charge in [0.25, 0.3) is 0 Å². The van der Waals surface area contributed by atoms with Crippen LogP contribution in [0.15, 0.2) is 66.9 Å². The second-order valence-corrected chi connectivity index (χ2v) is 6.47. The number of ether oxygens (including phenoxy) is 1. The summed E-state index contributed by atoms with van der Waals surface area (Å²) >= 11 is 0. The highest BCUT2D eigenvalue weighted by Crippen LogP contribution is 2.09. The molecule has 0 saturated heterocycles. The summed E-state index contributed by atoms with van der Waals surface area (Å²) in [6.07, 6.45) is 3.63. The molecular weight excluding hydrogens is 354 g/mol. The zero-order chi connectivity index (χ0) is 19.9. The first-order valence-corrected chi connectivity index (χ1v) is 8.95. The SMILES string of the molecule is Cc1ccc(C(=O)[C@H](C)OC(=O)/C=C/c2cn(Cc3ccccc3)nn2)cc1. The number of ketones is 1. The Morgan fingerprint density at radius 2 is 1.82 bits per heavy atom. The molecule has 1 atom stereocenters. The molecule has 6 heteroatoms. The molecule has 2 aromatic carbocycles. The van der Waals surface area contributed by atoms with Crippen molar-refractivity contribution in [2.75, 3.05) is 0 Å². The monoisotopic (exact) mass is 375 g/mol. The molecule has 0 fully saturated rings. The summed E-state index contributed by atoms with van der Waals surface area (Å²) in [4.78, 5) is 24.3. The number of hydrogen-bond acceptors (Lipinski definition) is 5. The van der Waals surface area contributed by atoms with Crippen LogP contribution < -0.4 is 0 Å². The molecule has 142 valence electrons. The van der Waals surface area contributed by atoms with Crippen molar-refractivity contribution in [2.45, 2.75) is 26.5 Å². The standard InChI is InChI=1S/C22H21N3O3/c1-16-8-10-19(11-9-16)22(27)17(2)28-21(26)13-12-20-15-25(24-23-20)14-18-6-4-3-5-7-18/h3-13,15,17H,14H2,1-2H3/b13-12+/t17-/m0/s1. The molecule has 0 amide bonds. The zero-order valence-electron chi connectivity index (χ0n) is 15.8. The predicted octanol–water partition coefficient (Wildman–Crippen LogP) is 3.46. The molecule has 0 aliphatic heterocycles. The number of aromatic nitrogens is 3. The Hall–Kier alpha value is -3.54. The molecule has 3 aromatic rings. The van der Waals surface area contributed by atoms with E-state index in [4.69, 9.17) is 4.74 Å². The molecular formula is C22H21N3O3. The predicted molar refractivity (Wildman–Crippen MR) is 106 cm³/mol. The second kappa shape index (κ2) is 8.90. The molecule has 3 rings (SSSR count). The van der Waals surface area contributed by atoms with Crippen LogP contribution >= 0.6 is 0 Å². The van der Waals surface area contributed by atoms with E-state index in [1.807, 2.05) is 49.4 Å². The van der Waals surface area contributed by atoms with Crippen LogP contribution in [0.4, 0.5) is 0 Å². The van der Waals surface area contributed by atoms with Crippen LogP contribution in [0.2, 0.25) is 0 Å². The van der Waals surface area contributed by atoms with Crippen LogP contribution in [-0.2, 0) is 16.1 Å². The number of esters is 1. The summed E-state index contributed by atoms with van der Waals surface area (Å²) < 4.78 is 6.88. The first-order valence-electron chi connectivity index (χ1n) is 8.95. The third-order valence-corrected chi connectivity index (χ3v) is 4.13. The Kier molecular flexibility index (Phi) is 6.11. The lowest BCUT2D eigenvalue weighted by atomic mass is 10.1. The van der Waals surface area contributed by atoms with Crippen LogP contribution in [0.3, 0.4) is 0 Å². The van der Waals surface area contributed by atoms with Crippen LogP contribution in [0.25, 0.3) is 6.08 Å². The smallest absolute Gasteiger partial charge is 0.331 e. The maximum absolute atomic E-state index is 12.3. The van der Waals surface area contributed by atoms with Gasteiger partial charge in [-0.1, -0.05) is 65.4 Å². The Morgan fingerprint density at radius 3 is 2.54 bits per heavy atom. The number of Topliss-reactive ketones (excluding diaryl/α,β-unsaturated/α-hetero) is 1. The molecule has 0 saturated carbocycles. The van der Waals surface area contributed by atoms with Gasteiger partial charge in [0.1, 0.15) is 5.69 Å². The molecule has 0 bridgehead atoms. The van der Waals surface area contributed by atoms with Crippen molar-refractivity contribution in [1.29, 1.82) is 0 Å². The lowest BCUT2D eigenvalue weighted by Crippen LogP contribution is -2.23. The van der Waals surface area contributed by atoms with E-state index in [2.05, 4.69) is 10.3 Å². The average Bonchev–Trinajstić information content (AvgIpc) is 3.14. The van der Waals surface area contributed by atoms with Gasteiger partial charge in [0.2, 0.25) is 5.78 Å². The summed E-state index contributed by atoms with van der Waals surface area (Å²) in [5.74, 6) is -0.846.